The molecule has 34 heavy (non-hydrogen) atoms. The van der Waals surface area contributed by atoms with Crippen LogP contribution >= 0.6 is 0 Å². The molecule has 0 saturated carbocycles. The van der Waals surface area contributed by atoms with Crippen molar-refractivity contribution in [2.24, 2.45) is 0 Å². The molecular weight excluding hydrogens is 440 g/mol. The van der Waals surface area contributed by atoms with Crippen molar-refractivity contribution in [3.63, 3.8) is 0 Å². The van der Waals surface area contributed by atoms with E-state index in [-0.39, 0.29) is 5.56 Å². The number of fused-ring (bicyclic) bond motifs is 3. The molecule has 1 heterocycles. The maximum absolute atomic E-state index is 12.4. The zero-order valence-corrected chi connectivity index (χ0v) is 18.5. The third-order valence-electron chi connectivity index (χ3n) is 5.08. The SMILES string of the molecule is COc1cc2c(cc1NC(=O)COC(=O)CNC(=O)c1ccccc1OC)oc1ccccc12. The van der Waals surface area contributed by atoms with E-state index in [4.69, 9.17) is 18.6 Å². The molecule has 0 bridgehead atoms. The second-order valence-electron chi connectivity index (χ2n) is 7.24. The van der Waals surface area contributed by atoms with Gasteiger partial charge in [0.05, 0.1) is 25.5 Å². The van der Waals surface area contributed by atoms with Crippen LogP contribution in [0, 0.1) is 0 Å². The standard InChI is InChI=1S/C25H22N2O7/c1-31-19-9-5-4-8-16(19)25(30)26-13-24(29)33-14-23(28)27-18-12-21-17(11-22(18)32-2)15-7-3-6-10-20(15)34-21/h3-12H,13-14H2,1-2H3,(H,26,30)(H,27,28). The van der Waals surface area contributed by atoms with E-state index in [0.29, 0.717) is 28.4 Å². The van der Waals surface area contributed by atoms with E-state index in [1.807, 2.05) is 24.3 Å². The van der Waals surface area contributed by atoms with Crippen LogP contribution in [0.15, 0.2) is 65.1 Å². The molecule has 2 amide bonds. The number of hydrogen-bond acceptors (Lipinski definition) is 7. The Bertz CT molecular complexity index is 1380. The van der Waals surface area contributed by atoms with Crippen LogP contribution in [0.5, 0.6) is 11.5 Å². The number of methoxy groups -OCH3 is 2. The van der Waals surface area contributed by atoms with E-state index in [1.165, 1.54) is 14.2 Å². The lowest BCUT2D eigenvalue weighted by Gasteiger charge is -2.11. The number of esters is 1. The van der Waals surface area contributed by atoms with Gasteiger partial charge in [-0.3, -0.25) is 14.4 Å². The van der Waals surface area contributed by atoms with Crippen LogP contribution in [0.25, 0.3) is 21.9 Å². The van der Waals surface area contributed by atoms with Gasteiger partial charge < -0.3 is 29.3 Å². The number of carbonyl (C=O) groups is 3. The lowest BCUT2D eigenvalue weighted by atomic mass is 10.1. The van der Waals surface area contributed by atoms with Crippen LogP contribution < -0.4 is 20.1 Å². The minimum Gasteiger partial charge on any atom is -0.496 e. The highest BCUT2D eigenvalue weighted by atomic mass is 16.5. The van der Waals surface area contributed by atoms with Gasteiger partial charge in [-0.15, -0.1) is 0 Å². The quantitative estimate of drug-likeness (QED) is 0.385. The second-order valence-corrected chi connectivity index (χ2v) is 7.24. The van der Waals surface area contributed by atoms with Gasteiger partial charge in [0.2, 0.25) is 0 Å². The van der Waals surface area contributed by atoms with Gasteiger partial charge in [-0.2, -0.15) is 0 Å². The van der Waals surface area contributed by atoms with Crippen LogP contribution in [0.1, 0.15) is 10.4 Å². The Morgan fingerprint density at radius 2 is 1.59 bits per heavy atom. The number of anilines is 1. The lowest BCUT2D eigenvalue weighted by molar-refractivity contribution is -0.146. The molecule has 0 aliphatic carbocycles. The predicted molar refractivity (Wildman–Crippen MR) is 125 cm³/mol. The Morgan fingerprint density at radius 3 is 2.38 bits per heavy atom. The van der Waals surface area contributed by atoms with Crippen molar-refractivity contribution < 1.29 is 33.0 Å². The molecule has 4 rings (SSSR count). The number of furan rings is 1. The van der Waals surface area contributed by atoms with E-state index in [9.17, 15) is 14.4 Å². The normalized spacial score (nSPS) is 10.6. The van der Waals surface area contributed by atoms with Crippen molar-refractivity contribution in [1.29, 1.82) is 0 Å². The van der Waals surface area contributed by atoms with E-state index in [2.05, 4.69) is 10.6 Å². The van der Waals surface area contributed by atoms with Crippen LogP contribution in [0.3, 0.4) is 0 Å². The Morgan fingerprint density at radius 1 is 0.853 bits per heavy atom. The highest BCUT2D eigenvalue weighted by Gasteiger charge is 2.16. The van der Waals surface area contributed by atoms with Crippen LogP contribution in [0.2, 0.25) is 0 Å². The molecular formula is C25H22N2O7. The summed E-state index contributed by atoms with van der Waals surface area (Å²) in [5, 5.41) is 6.87. The molecule has 0 saturated heterocycles. The van der Waals surface area contributed by atoms with Crippen molar-refractivity contribution in [1.82, 2.24) is 5.32 Å². The lowest BCUT2D eigenvalue weighted by Crippen LogP contribution is -2.32. The van der Waals surface area contributed by atoms with Crippen molar-refractivity contribution >= 4 is 45.4 Å². The van der Waals surface area contributed by atoms with Crippen LogP contribution in [-0.2, 0) is 14.3 Å². The first-order valence-electron chi connectivity index (χ1n) is 10.4. The van der Waals surface area contributed by atoms with Crippen molar-refractivity contribution in [3.8, 4) is 11.5 Å². The maximum atomic E-state index is 12.4. The van der Waals surface area contributed by atoms with Crippen LogP contribution in [-0.4, -0.2) is 45.2 Å². The minimum atomic E-state index is -0.766. The molecule has 0 atom stereocenters. The summed E-state index contributed by atoms with van der Waals surface area (Å²) in [6.07, 6.45) is 0. The minimum absolute atomic E-state index is 0.281. The fraction of sp³-hybridized carbons (Fsp3) is 0.160. The Hall–Kier alpha value is -4.53. The smallest absolute Gasteiger partial charge is 0.325 e. The Kier molecular flexibility index (Phi) is 6.63. The number of carbonyl (C=O) groups excluding carboxylic acids is 3. The van der Waals surface area contributed by atoms with E-state index in [0.717, 1.165) is 10.8 Å². The first-order chi connectivity index (χ1) is 16.5. The molecule has 0 spiro atoms. The van der Waals surface area contributed by atoms with Crippen LogP contribution in [0.4, 0.5) is 5.69 Å². The topological polar surface area (TPSA) is 116 Å². The third kappa shape index (κ3) is 4.78. The third-order valence-corrected chi connectivity index (χ3v) is 5.08. The van der Waals surface area contributed by atoms with E-state index < -0.39 is 30.9 Å². The molecule has 4 aromatic rings. The zero-order valence-electron chi connectivity index (χ0n) is 18.5. The molecule has 0 radical (unpaired) electrons. The number of benzene rings is 3. The number of rotatable bonds is 8. The summed E-state index contributed by atoms with van der Waals surface area (Å²) in [7, 11) is 2.93. The number of nitrogens with one attached hydrogen (secondary N) is 2. The average molecular weight is 462 g/mol. The Balaban J connectivity index is 1.35. The second kappa shape index (κ2) is 9.95. The first kappa shape index (κ1) is 22.7. The van der Waals surface area contributed by atoms with Gasteiger partial charge in [-0.05, 0) is 24.3 Å². The van der Waals surface area contributed by atoms with Gasteiger partial charge in [0.15, 0.2) is 6.61 Å². The fourth-order valence-electron chi connectivity index (χ4n) is 3.48. The molecule has 0 aliphatic rings. The van der Waals surface area contributed by atoms with Gasteiger partial charge in [0.1, 0.15) is 29.2 Å². The van der Waals surface area contributed by atoms with Gasteiger partial charge in [-0.1, -0.05) is 30.3 Å². The summed E-state index contributed by atoms with van der Waals surface area (Å²) in [5.41, 5.74) is 1.95. The summed E-state index contributed by atoms with van der Waals surface area (Å²) in [5.74, 6) is -1.02. The largest absolute Gasteiger partial charge is 0.496 e. The van der Waals surface area contributed by atoms with E-state index in [1.54, 1.807) is 36.4 Å². The number of hydrogen-bond donors (Lipinski definition) is 2. The molecule has 9 nitrogen and oxygen atoms in total. The highest BCUT2D eigenvalue weighted by molar-refractivity contribution is 6.08. The number of para-hydroxylation sites is 2. The summed E-state index contributed by atoms with van der Waals surface area (Å²) in [6, 6.07) is 17.6. The van der Waals surface area contributed by atoms with E-state index >= 15 is 0 Å². The van der Waals surface area contributed by atoms with Gasteiger partial charge in [0, 0.05) is 16.8 Å². The molecule has 0 unspecified atom stereocenters. The summed E-state index contributed by atoms with van der Waals surface area (Å²) < 4.78 is 21.3. The van der Waals surface area contributed by atoms with Gasteiger partial charge in [-0.25, -0.2) is 0 Å². The zero-order chi connectivity index (χ0) is 24.1. The molecule has 0 fully saturated rings. The van der Waals surface area contributed by atoms with Crippen molar-refractivity contribution in [2.45, 2.75) is 0 Å². The fourth-order valence-corrected chi connectivity index (χ4v) is 3.48. The molecule has 0 aliphatic heterocycles. The van der Waals surface area contributed by atoms with Gasteiger partial charge in [0.25, 0.3) is 11.8 Å². The Labute approximate surface area is 194 Å². The van der Waals surface area contributed by atoms with Crippen molar-refractivity contribution in [3.05, 3.63) is 66.2 Å². The molecule has 9 heteroatoms. The molecule has 3 aromatic carbocycles. The molecule has 1 aromatic heterocycles. The number of amides is 2. The molecule has 174 valence electrons. The summed E-state index contributed by atoms with van der Waals surface area (Å²) >= 11 is 0. The first-order valence-corrected chi connectivity index (χ1v) is 10.4. The highest BCUT2D eigenvalue weighted by Crippen LogP contribution is 2.36. The van der Waals surface area contributed by atoms with Gasteiger partial charge >= 0.3 is 5.97 Å². The summed E-state index contributed by atoms with van der Waals surface area (Å²) in [4.78, 5) is 36.6. The monoisotopic (exact) mass is 462 g/mol. The average Bonchev–Trinajstić information content (AvgIpc) is 3.22. The van der Waals surface area contributed by atoms with Crippen molar-refractivity contribution in [2.75, 3.05) is 32.7 Å². The molecule has 2 N–H and O–H groups in total. The predicted octanol–water partition coefficient (Wildman–Crippen LogP) is 3.51. The summed E-state index contributed by atoms with van der Waals surface area (Å²) in [6.45, 7) is -0.941. The maximum Gasteiger partial charge on any atom is 0.325 e. The number of ether oxygens (including phenoxy) is 3.